The Bertz CT molecular complexity index is 929. The van der Waals surface area contributed by atoms with Crippen molar-refractivity contribution in [1.29, 1.82) is 0 Å². The van der Waals surface area contributed by atoms with Crippen LogP contribution in [0.4, 0.5) is 0 Å². The number of carbonyl (C=O) groups is 1. The molecule has 0 spiro atoms. The maximum absolute atomic E-state index is 12.4. The van der Waals surface area contributed by atoms with Gasteiger partial charge in [-0.15, -0.1) is 10.2 Å². The SMILES string of the molecule is Cc1ccc(-c2nnc(CCC(=O)N(C)Cc3ccc(C)cc3C)o2)cc1. The fraction of sp³-hybridized carbons (Fsp3) is 0.318. The van der Waals surface area contributed by atoms with Crippen molar-refractivity contribution in [3.8, 4) is 11.5 Å². The lowest BCUT2D eigenvalue weighted by Gasteiger charge is -2.18. The molecule has 0 unspecified atom stereocenters. The van der Waals surface area contributed by atoms with Gasteiger partial charge in [-0.05, 0) is 44.0 Å². The highest BCUT2D eigenvalue weighted by molar-refractivity contribution is 5.76. The lowest BCUT2D eigenvalue weighted by Crippen LogP contribution is -2.26. The summed E-state index contributed by atoms with van der Waals surface area (Å²) in [5, 5.41) is 8.15. The normalized spacial score (nSPS) is 10.8. The van der Waals surface area contributed by atoms with Crippen LogP contribution in [0.25, 0.3) is 11.5 Å². The van der Waals surface area contributed by atoms with Gasteiger partial charge in [-0.1, -0.05) is 41.5 Å². The second kappa shape index (κ2) is 8.16. The second-order valence-corrected chi connectivity index (χ2v) is 7.05. The van der Waals surface area contributed by atoms with Crippen LogP contribution in [0.2, 0.25) is 0 Å². The smallest absolute Gasteiger partial charge is 0.247 e. The van der Waals surface area contributed by atoms with Crippen molar-refractivity contribution < 1.29 is 9.21 Å². The first-order valence-corrected chi connectivity index (χ1v) is 9.12. The molecule has 0 atom stereocenters. The van der Waals surface area contributed by atoms with E-state index in [2.05, 4.69) is 42.2 Å². The van der Waals surface area contributed by atoms with Crippen molar-refractivity contribution in [2.45, 2.75) is 40.2 Å². The van der Waals surface area contributed by atoms with Gasteiger partial charge >= 0.3 is 0 Å². The van der Waals surface area contributed by atoms with Gasteiger partial charge < -0.3 is 9.32 Å². The monoisotopic (exact) mass is 363 g/mol. The minimum Gasteiger partial charge on any atom is -0.421 e. The van der Waals surface area contributed by atoms with Crippen LogP contribution in [-0.4, -0.2) is 28.1 Å². The molecule has 1 aromatic heterocycles. The van der Waals surface area contributed by atoms with Gasteiger partial charge in [0.05, 0.1) is 0 Å². The second-order valence-electron chi connectivity index (χ2n) is 7.05. The number of amides is 1. The van der Waals surface area contributed by atoms with Gasteiger partial charge in [0.2, 0.25) is 17.7 Å². The Morgan fingerprint density at radius 3 is 2.41 bits per heavy atom. The summed E-state index contributed by atoms with van der Waals surface area (Å²) in [4.78, 5) is 14.2. The summed E-state index contributed by atoms with van der Waals surface area (Å²) in [6.45, 7) is 6.78. The number of hydrogen-bond donors (Lipinski definition) is 0. The van der Waals surface area contributed by atoms with E-state index in [1.165, 1.54) is 16.7 Å². The van der Waals surface area contributed by atoms with Crippen molar-refractivity contribution >= 4 is 5.91 Å². The van der Waals surface area contributed by atoms with Crippen LogP contribution in [-0.2, 0) is 17.8 Å². The maximum atomic E-state index is 12.4. The number of carbonyl (C=O) groups excluding carboxylic acids is 1. The predicted octanol–water partition coefficient (Wildman–Crippen LogP) is 4.25. The molecule has 1 heterocycles. The average molecular weight is 363 g/mol. The minimum absolute atomic E-state index is 0.0602. The molecular formula is C22H25N3O2. The van der Waals surface area contributed by atoms with E-state index in [9.17, 15) is 4.79 Å². The van der Waals surface area contributed by atoms with Crippen molar-refractivity contribution in [2.24, 2.45) is 0 Å². The Morgan fingerprint density at radius 2 is 1.70 bits per heavy atom. The summed E-state index contributed by atoms with van der Waals surface area (Å²) in [5.41, 5.74) is 5.66. The molecule has 3 aromatic rings. The molecule has 0 radical (unpaired) electrons. The quantitative estimate of drug-likeness (QED) is 0.657. The van der Waals surface area contributed by atoms with Gasteiger partial charge in [0.25, 0.3) is 0 Å². The van der Waals surface area contributed by atoms with Crippen LogP contribution in [0.5, 0.6) is 0 Å². The van der Waals surface area contributed by atoms with Crippen LogP contribution in [0, 0.1) is 20.8 Å². The van der Waals surface area contributed by atoms with E-state index in [0.717, 1.165) is 11.1 Å². The molecule has 1 amide bonds. The zero-order valence-electron chi connectivity index (χ0n) is 16.3. The van der Waals surface area contributed by atoms with Crippen molar-refractivity contribution in [3.05, 3.63) is 70.6 Å². The summed E-state index contributed by atoms with van der Waals surface area (Å²) in [6.07, 6.45) is 0.784. The lowest BCUT2D eigenvalue weighted by atomic mass is 10.1. The van der Waals surface area contributed by atoms with Gasteiger partial charge in [0.1, 0.15) is 0 Å². The first-order valence-electron chi connectivity index (χ1n) is 9.12. The minimum atomic E-state index is 0.0602. The van der Waals surface area contributed by atoms with Gasteiger partial charge in [0.15, 0.2) is 0 Å². The molecule has 2 aromatic carbocycles. The van der Waals surface area contributed by atoms with E-state index in [-0.39, 0.29) is 5.91 Å². The van der Waals surface area contributed by atoms with Crippen LogP contribution in [0.1, 0.15) is 34.6 Å². The van der Waals surface area contributed by atoms with E-state index < -0.39 is 0 Å². The Morgan fingerprint density at radius 1 is 1.00 bits per heavy atom. The van der Waals surface area contributed by atoms with E-state index in [1.807, 2.05) is 38.2 Å². The first kappa shape index (κ1) is 18.8. The number of nitrogens with zero attached hydrogens (tertiary/aromatic N) is 3. The van der Waals surface area contributed by atoms with Crippen molar-refractivity contribution in [3.63, 3.8) is 0 Å². The molecule has 0 aliphatic rings. The number of hydrogen-bond acceptors (Lipinski definition) is 4. The predicted molar refractivity (Wildman–Crippen MR) is 105 cm³/mol. The summed E-state index contributed by atoms with van der Waals surface area (Å²) in [7, 11) is 1.83. The fourth-order valence-corrected chi connectivity index (χ4v) is 2.94. The molecule has 0 aliphatic carbocycles. The largest absolute Gasteiger partial charge is 0.421 e. The Balaban J connectivity index is 1.56. The molecule has 0 bridgehead atoms. The van der Waals surface area contributed by atoms with Gasteiger partial charge in [0, 0.05) is 32.0 Å². The van der Waals surface area contributed by atoms with Crippen LogP contribution >= 0.6 is 0 Å². The highest BCUT2D eigenvalue weighted by atomic mass is 16.4. The zero-order chi connectivity index (χ0) is 19.4. The number of aryl methyl sites for hydroxylation is 4. The van der Waals surface area contributed by atoms with Crippen LogP contribution in [0.3, 0.4) is 0 Å². The molecular weight excluding hydrogens is 338 g/mol. The molecule has 3 rings (SSSR count). The summed E-state index contributed by atoms with van der Waals surface area (Å²) >= 11 is 0. The standard InChI is InChI=1S/C22H25N3O2/c1-15-5-8-18(9-6-15)22-24-23-20(27-22)11-12-21(26)25(4)14-19-10-7-16(2)13-17(19)3/h5-10,13H,11-12,14H2,1-4H3. The number of rotatable bonds is 6. The molecule has 140 valence electrons. The molecule has 0 aliphatic heterocycles. The van der Waals surface area contributed by atoms with Gasteiger partial charge in [-0.2, -0.15) is 0 Å². The molecule has 0 fully saturated rings. The van der Waals surface area contributed by atoms with Crippen molar-refractivity contribution in [2.75, 3.05) is 7.05 Å². The first-order chi connectivity index (χ1) is 12.9. The van der Waals surface area contributed by atoms with Gasteiger partial charge in [-0.25, -0.2) is 0 Å². The molecule has 0 saturated heterocycles. The Labute approximate surface area is 160 Å². The average Bonchev–Trinajstić information content (AvgIpc) is 3.11. The summed E-state index contributed by atoms with van der Waals surface area (Å²) in [6, 6.07) is 14.2. The van der Waals surface area contributed by atoms with E-state index in [0.29, 0.717) is 31.2 Å². The van der Waals surface area contributed by atoms with Crippen LogP contribution in [0.15, 0.2) is 46.9 Å². The third kappa shape index (κ3) is 4.82. The molecule has 0 saturated carbocycles. The fourth-order valence-electron chi connectivity index (χ4n) is 2.94. The topological polar surface area (TPSA) is 59.2 Å². The summed E-state index contributed by atoms with van der Waals surface area (Å²) < 4.78 is 5.70. The molecule has 5 nitrogen and oxygen atoms in total. The zero-order valence-corrected chi connectivity index (χ0v) is 16.3. The third-order valence-corrected chi connectivity index (χ3v) is 4.65. The summed E-state index contributed by atoms with van der Waals surface area (Å²) in [5.74, 6) is 1.03. The Hall–Kier alpha value is -2.95. The van der Waals surface area contributed by atoms with E-state index >= 15 is 0 Å². The third-order valence-electron chi connectivity index (χ3n) is 4.65. The van der Waals surface area contributed by atoms with Crippen molar-refractivity contribution in [1.82, 2.24) is 15.1 Å². The number of benzene rings is 2. The highest BCUT2D eigenvalue weighted by Crippen LogP contribution is 2.19. The van der Waals surface area contributed by atoms with Crippen LogP contribution < -0.4 is 0 Å². The highest BCUT2D eigenvalue weighted by Gasteiger charge is 2.14. The maximum Gasteiger partial charge on any atom is 0.247 e. The molecule has 27 heavy (non-hydrogen) atoms. The molecule has 5 heteroatoms. The van der Waals surface area contributed by atoms with E-state index in [4.69, 9.17) is 4.42 Å². The van der Waals surface area contributed by atoms with E-state index in [1.54, 1.807) is 4.90 Å². The number of aromatic nitrogens is 2. The lowest BCUT2D eigenvalue weighted by molar-refractivity contribution is -0.130. The Kier molecular flexibility index (Phi) is 5.69. The molecule has 0 N–H and O–H groups in total. The van der Waals surface area contributed by atoms with Gasteiger partial charge in [-0.3, -0.25) is 4.79 Å².